The molecule has 1 aliphatic rings. The van der Waals surface area contributed by atoms with Crippen LogP contribution in [0.5, 0.6) is 0 Å². The van der Waals surface area contributed by atoms with Crippen molar-refractivity contribution in [2.75, 3.05) is 6.54 Å². The lowest BCUT2D eigenvalue weighted by Crippen LogP contribution is -2.15. The lowest BCUT2D eigenvalue weighted by Gasteiger charge is -2.05. The summed E-state index contributed by atoms with van der Waals surface area (Å²) in [5.74, 6) is 1.04. The zero-order valence-electron chi connectivity index (χ0n) is 8.88. The summed E-state index contributed by atoms with van der Waals surface area (Å²) in [4.78, 5) is 3.96. The number of halogens is 1. The highest BCUT2D eigenvalue weighted by molar-refractivity contribution is 6.31. The highest BCUT2D eigenvalue weighted by Gasteiger charge is 2.19. The van der Waals surface area contributed by atoms with Crippen molar-refractivity contribution in [3.05, 3.63) is 29.0 Å². The van der Waals surface area contributed by atoms with Gasteiger partial charge in [-0.2, -0.15) is 0 Å². The highest BCUT2D eigenvalue weighted by Crippen LogP contribution is 2.33. The van der Waals surface area contributed by atoms with Crippen LogP contribution in [0.3, 0.4) is 0 Å². The second-order valence-corrected chi connectivity index (χ2v) is 4.64. The van der Waals surface area contributed by atoms with Crippen molar-refractivity contribution < 1.29 is 0 Å². The molecule has 1 N–H and O–H groups in total. The van der Waals surface area contributed by atoms with Crippen molar-refractivity contribution in [3.63, 3.8) is 0 Å². The van der Waals surface area contributed by atoms with Gasteiger partial charge in [0.1, 0.15) is 0 Å². The highest BCUT2D eigenvalue weighted by atomic mass is 35.5. The molecule has 2 nitrogen and oxygen atoms in total. The fourth-order valence-electron chi connectivity index (χ4n) is 1.69. The molecule has 1 aromatic heterocycles. The maximum atomic E-state index is 6.00. The molecule has 15 heavy (non-hydrogen) atoms. The monoisotopic (exact) mass is 224 g/mol. The summed E-state index contributed by atoms with van der Waals surface area (Å²) in [5, 5.41) is 4.17. The molecule has 0 unspecified atom stereocenters. The second kappa shape index (κ2) is 5.47. The molecule has 1 aromatic rings. The van der Waals surface area contributed by atoms with E-state index in [0.29, 0.717) is 0 Å². The molecule has 0 amide bonds. The summed E-state index contributed by atoms with van der Waals surface area (Å²) >= 11 is 6.00. The maximum absolute atomic E-state index is 6.00. The number of nitrogens with one attached hydrogen (secondary N) is 1. The van der Waals surface area contributed by atoms with Crippen molar-refractivity contribution >= 4 is 11.6 Å². The van der Waals surface area contributed by atoms with Crippen LogP contribution < -0.4 is 5.32 Å². The van der Waals surface area contributed by atoms with Crippen LogP contribution in [0.4, 0.5) is 0 Å². The predicted octanol–water partition coefficient (Wildman–Crippen LogP) is 3.01. The first-order chi connectivity index (χ1) is 7.36. The minimum Gasteiger partial charge on any atom is -0.313 e. The Kier molecular flexibility index (Phi) is 3.98. The maximum Gasteiger partial charge on any atom is 0.0634 e. The van der Waals surface area contributed by atoms with Crippen molar-refractivity contribution in [2.24, 2.45) is 5.92 Å². The first-order valence-corrected chi connectivity index (χ1v) is 6.03. The molecule has 1 heterocycles. The fraction of sp³-hybridized carbons (Fsp3) is 0.583. The van der Waals surface area contributed by atoms with Crippen LogP contribution >= 0.6 is 11.6 Å². The zero-order valence-corrected chi connectivity index (χ0v) is 9.63. The van der Waals surface area contributed by atoms with E-state index in [1.165, 1.54) is 25.7 Å². The molecule has 0 radical (unpaired) electrons. The first kappa shape index (κ1) is 10.9. The predicted molar refractivity (Wildman–Crippen MR) is 62.9 cm³/mol. The van der Waals surface area contributed by atoms with Crippen LogP contribution in [0, 0.1) is 5.92 Å². The van der Waals surface area contributed by atoms with Gasteiger partial charge in [0, 0.05) is 18.9 Å². The lowest BCUT2D eigenvalue weighted by atomic mass is 10.2. The van der Waals surface area contributed by atoms with Gasteiger partial charge in [-0.15, -0.1) is 0 Å². The van der Waals surface area contributed by atoms with Crippen LogP contribution in [0.2, 0.25) is 5.02 Å². The van der Waals surface area contributed by atoms with Gasteiger partial charge in [-0.25, -0.2) is 0 Å². The van der Waals surface area contributed by atoms with Gasteiger partial charge in [0.15, 0.2) is 0 Å². The Morgan fingerprint density at radius 3 is 3.07 bits per heavy atom. The first-order valence-electron chi connectivity index (χ1n) is 5.65. The topological polar surface area (TPSA) is 24.9 Å². The molecule has 0 atom stereocenters. The molecule has 0 aliphatic heterocycles. The van der Waals surface area contributed by atoms with E-state index in [1.807, 2.05) is 6.07 Å². The number of pyridine rings is 1. The third kappa shape index (κ3) is 3.80. The smallest absolute Gasteiger partial charge is 0.0634 e. The van der Waals surface area contributed by atoms with Gasteiger partial charge in [-0.05, 0) is 36.9 Å². The average molecular weight is 225 g/mol. The third-order valence-corrected chi connectivity index (χ3v) is 3.18. The Bertz CT molecular complexity index is 310. The summed E-state index contributed by atoms with van der Waals surface area (Å²) in [6, 6.07) is 1.97. The van der Waals surface area contributed by atoms with E-state index in [1.54, 1.807) is 12.4 Å². The van der Waals surface area contributed by atoms with Gasteiger partial charge in [0.2, 0.25) is 0 Å². The summed E-state index contributed by atoms with van der Waals surface area (Å²) in [6.07, 6.45) is 9.06. The van der Waals surface area contributed by atoms with Crippen molar-refractivity contribution in [1.29, 1.82) is 0 Å². The Balaban J connectivity index is 1.62. The molecule has 0 saturated heterocycles. The molecule has 0 bridgehead atoms. The van der Waals surface area contributed by atoms with Gasteiger partial charge < -0.3 is 5.32 Å². The van der Waals surface area contributed by atoms with E-state index < -0.39 is 0 Å². The largest absolute Gasteiger partial charge is 0.313 e. The molecular weight excluding hydrogens is 208 g/mol. The summed E-state index contributed by atoms with van der Waals surface area (Å²) in [7, 11) is 0. The number of nitrogens with zero attached hydrogens (tertiary/aromatic N) is 1. The molecule has 0 spiro atoms. The summed E-state index contributed by atoms with van der Waals surface area (Å²) < 4.78 is 0. The standard InChI is InChI=1S/C12H17ClN2/c13-12-9-15-7-5-11(12)8-14-6-1-2-10-3-4-10/h5,7,9-10,14H,1-4,6,8H2. The van der Waals surface area contributed by atoms with Gasteiger partial charge in [0.05, 0.1) is 5.02 Å². The number of rotatable bonds is 6. The van der Waals surface area contributed by atoms with Crippen LogP contribution in [-0.4, -0.2) is 11.5 Å². The van der Waals surface area contributed by atoms with Crippen LogP contribution in [0.15, 0.2) is 18.5 Å². The zero-order chi connectivity index (χ0) is 10.5. The molecular formula is C12H17ClN2. The van der Waals surface area contributed by atoms with E-state index in [9.17, 15) is 0 Å². The number of hydrogen-bond acceptors (Lipinski definition) is 2. The van der Waals surface area contributed by atoms with E-state index in [2.05, 4.69) is 10.3 Å². The summed E-state index contributed by atoms with van der Waals surface area (Å²) in [6.45, 7) is 1.95. The molecule has 3 heteroatoms. The van der Waals surface area contributed by atoms with Crippen molar-refractivity contribution in [3.8, 4) is 0 Å². The van der Waals surface area contributed by atoms with Crippen LogP contribution in [0.1, 0.15) is 31.2 Å². The van der Waals surface area contributed by atoms with Gasteiger partial charge in [-0.3, -0.25) is 4.98 Å². The third-order valence-electron chi connectivity index (χ3n) is 2.83. The van der Waals surface area contributed by atoms with Gasteiger partial charge in [0.25, 0.3) is 0 Å². The Morgan fingerprint density at radius 2 is 2.33 bits per heavy atom. The molecule has 0 aromatic carbocycles. The molecule has 1 fully saturated rings. The van der Waals surface area contributed by atoms with E-state index in [0.717, 1.165) is 29.6 Å². The van der Waals surface area contributed by atoms with Gasteiger partial charge >= 0.3 is 0 Å². The van der Waals surface area contributed by atoms with Crippen molar-refractivity contribution in [2.45, 2.75) is 32.2 Å². The quantitative estimate of drug-likeness (QED) is 0.752. The number of hydrogen-bond donors (Lipinski definition) is 1. The second-order valence-electron chi connectivity index (χ2n) is 4.23. The summed E-state index contributed by atoms with van der Waals surface area (Å²) in [5.41, 5.74) is 1.14. The van der Waals surface area contributed by atoms with Crippen LogP contribution in [0.25, 0.3) is 0 Å². The Labute approximate surface area is 96.1 Å². The minimum atomic E-state index is 0.757. The molecule has 1 saturated carbocycles. The molecule has 2 rings (SSSR count). The number of aromatic nitrogens is 1. The SMILES string of the molecule is Clc1cnccc1CNCCCC1CC1. The average Bonchev–Trinajstić information content (AvgIpc) is 3.04. The Morgan fingerprint density at radius 1 is 1.47 bits per heavy atom. The van der Waals surface area contributed by atoms with E-state index in [4.69, 9.17) is 11.6 Å². The fourth-order valence-corrected chi connectivity index (χ4v) is 1.88. The lowest BCUT2D eigenvalue weighted by molar-refractivity contribution is 0.594. The molecule has 1 aliphatic carbocycles. The van der Waals surface area contributed by atoms with Gasteiger partial charge in [-0.1, -0.05) is 24.4 Å². The van der Waals surface area contributed by atoms with E-state index >= 15 is 0 Å². The van der Waals surface area contributed by atoms with Crippen molar-refractivity contribution in [1.82, 2.24) is 10.3 Å². The van der Waals surface area contributed by atoms with Crippen LogP contribution in [-0.2, 0) is 6.54 Å². The normalized spacial score (nSPS) is 15.5. The van der Waals surface area contributed by atoms with E-state index in [-0.39, 0.29) is 0 Å². The minimum absolute atomic E-state index is 0.757. The molecule has 82 valence electrons. The Hall–Kier alpha value is -0.600.